The molecule has 6 heteroatoms. The number of carbonyl (C=O) groups is 1. The van der Waals surface area contributed by atoms with E-state index in [1.165, 1.54) is 7.11 Å². The molecule has 1 atom stereocenters. The summed E-state index contributed by atoms with van der Waals surface area (Å²) in [5.74, 6) is -0.160. The van der Waals surface area contributed by atoms with Crippen molar-refractivity contribution in [2.24, 2.45) is 0 Å². The Balaban J connectivity index is 1.58. The molecule has 2 aromatic rings. The summed E-state index contributed by atoms with van der Waals surface area (Å²) in [6, 6.07) is 10.8. The Bertz CT molecular complexity index is 769. The second-order valence-electron chi connectivity index (χ2n) is 6.71. The van der Waals surface area contributed by atoms with E-state index in [1.54, 1.807) is 24.4 Å². The summed E-state index contributed by atoms with van der Waals surface area (Å²) < 4.78 is 19.4. The maximum atomic E-state index is 14.4. The lowest BCUT2D eigenvalue weighted by atomic mass is 9.85. The normalized spacial score (nSPS) is 19.7. The Morgan fingerprint density at radius 3 is 2.85 bits per heavy atom. The van der Waals surface area contributed by atoms with Gasteiger partial charge < -0.3 is 10.1 Å². The third kappa shape index (κ3) is 3.70. The predicted octanol–water partition coefficient (Wildman–Crippen LogP) is 2.55. The largest absolute Gasteiger partial charge is 0.494 e. The van der Waals surface area contributed by atoms with Crippen LogP contribution >= 0.6 is 0 Å². The van der Waals surface area contributed by atoms with Gasteiger partial charge in [0.05, 0.1) is 12.6 Å². The van der Waals surface area contributed by atoms with Gasteiger partial charge in [-0.05, 0) is 31.5 Å². The molecule has 138 valence electrons. The average Bonchev–Trinajstić information content (AvgIpc) is 2.66. The zero-order valence-electron chi connectivity index (χ0n) is 15.2. The van der Waals surface area contributed by atoms with Gasteiger partial charge in [0.1, 0.15) is 0 Å². The summed E-state index contributed by atoms with van der Waals surface area (Å²) in [6.45, 7) is 3.59. The van der Waals surface area contributed by atoms with Gasteiger partial charge in [-0.1, -0.05) is 18.2 Å². The maximum absolute atomic E-state index is 14.4. The minimum Gasteiger partial charge on any atom is -0.494 e. The lowest BCUT2D eigenvalue weighted by molar-refractivity contribution is -0.141. The second-order valence-corrected chi connectivity index (χ2v) is 6.71. The van der Waals surface area contributed by atoms with E-state index < -0.39 is 5.54 Å². The first-order valence-corrected chi connectivity index (χ1v) is 8.79. The van der Waals surface area contributed by atoms with Gasteiger partial charge in [0.2, 0.25) is 5.91 Å². The van der Waals surface area contributed by atoms with E-state index in [0.717, 1.165) is 18.7 Å². The molecular formula is C20H24FN3O2. The van der Waals surface area contributed by atoms with E-state index in [0.29, 0.717) is 25.1 Å². The topological polar surface area (TPSA) is 54.5 Å². The van der Waals surface area contributed by atoms with E-state index in [-0.39, 0.29) is 17.5 Å². The Hall–Kier alpha value is -2.47. The molecule has 0 saturated carbocycles. The van der Waals surface area contributed by atoms with Gasteiger partial charge in [-0.2, -0.15) is 0 Å². The van der Waals surface area contributed by atoms with Gasteiger partial charge in [-0.15, -0.1) is 0 Å². The molecule has 1 fully saturated rings. The van der Waals surface area contributed by atoms with Crippen molar-refractivity contribution in [1.29, 1.82) is 0 Å². The first-order chi connectivity index (χ1) is 12.5. The van der Waals surface area contributed by atoms with Crippen molar-refractivity contribution < 1.29 is 13.9 Å². The van der Waals surface area contributed by atoms with Gasteiger partial charge in [0.15, 0.2) is 11.6 Å². The summed E-state index contributed by atoms with van der Waals surface area (Å²) in [5.41, 5.74) is 0.873. The van der Waals surface area contributed by atoms with Gasteiger partial charge in [0.25, 0.3) is 0 Å². The van der Waals surface area contributed by atoms with Crippen LogP contribution in [-0.4, -0.2) is 41.5 Å². The summed E-state index contributed by atoms with van der Waals surface area (Å²) in [5, 5.41) is 2.99. The highest BCUT2D eigenvalue weighted by molar-refractivity contribution is 5.86. The molecule has 1 amide bonds. The van der Waals surface area contributed by atoms with E-state index in [1.807, 2.05) is 30.0 Å². The third-order valence-corrected chi connectivity index (χ3v) is 5.07. The minimum absolute atomic E-state index is 0.0250. The van der Waals surface area contributed by atoms with Crippen LogP contribution in [0.5, 0.6) is 5.75 Å². The molecule has 26 heavy (non-hydrogen) atoms. The molecule has 5 nitrogen and oxygen atoms in total. The van der Waals surface area contributed by atoms with E-state index in [2.05, 4.69) is 10.3 Å². The number of carbonyl (C=O) groups excluding carboxylic acids is 1. The molecule has 1 aliphatic rings. The number of pyridine rings is 1. The monoisotopic (exact) mass is 357 g/mol. The van der Waals surface area contributed by atoms with Crippen molar-refractivity contribution in [1.82, 2.24) is 15.2 Å². The van der Waals surface area contributed by atoms with Gasteiger partial charge in [-0.3, -0.25) is 14.7 Å². The highest BCUT2D eigenvalue weighted by atomic mass is 19.1. The van der Waals surface area contributed by atoms with Crippen LogP contribution in [0, 0.1) is 5.82 Å². The molecule has 1 aromatic carbocycles. The summed E-state index contributed by atoms with van der Waals surface area (Å²) in [4.78, 5) is 18.9. The fourth-order valence-electron chi connectivity index (χ4n) is 3.20. The number of methoxy groups -OCH3 is 1. The number of nitrogens with one attached hydrogen (secondary N) is 1. The van der Waals surface area contributed by atoms with Crippen LogP contribution in [0.3, 0.4) is 0 Å². The van der Waals surface area contributed by atoms with Crippen molar-refractivity contribution >= 4 is 5.91 Å². The summed E-state index contributed by atoms with van der Waals surface area (Å²) in [7, 11) is 1.45. The number of amides is 1. The highest BCUT2D eigenvalue weighted by Crippen LogP contribution is 2.33. The van der Waals surface area contributed by atoms with E-state index >= 15 is 0 Å². The molecular weight excluding hydrogens is 333 g/mol. The number of hydrogen-bond donors (Lipinski definition) is 1. The Morgan fingerprint density at radius 2 is 2.19 bits per heavy atom. The molecule has 0 radical (unpaired) electrons. The van der Waals surface area contributed by atoms with E-state index in [4.69, 9.17) is 4.74 Å². The lowest BCUT2D eigenvalue weighted by Gasteiger charge is -2.49. The molecule has 0 bridgehead atoms. The molecule has 1 aromatic heterocycles. The Morgan fingerprint density at radius 1 is 1.35 bits per heavy atom. The Kier molecular flexibility index (Phi) is 5.52. The van der Waals surface area contributed by atoms with Crippen LogP contribution in [0.1, 0.15) is 24.6 Å². The fourth-order valence-corrected chi connectivity index (χ4v) is 3.20. The average molecular weight is 357 g/mol. The SMILES string of the molecule is COc1cccc(CN2CCC2(C)C(=O)NCCc2ccccn2)c1F. The number of benzene rings is 1. The van der Waals surface area contributed by atoms with Crippen molar-refractivity contribution in [2.45, 2.75) is 31.8 Å². The number of likely N-dealkylation sites (tertiary alicyclic amines) is 1. The lowest BCUT2D eigenvalue weighted by Crippen LogP contribution is -2.65. The molecule has 2 heterocycles. The first-order valence-electron chi connectivity index (χ1n) is 8.79. The molecule has 1 aliphatic heterocycles. The molecule has 0 spiro atoms. The van der Waals surface area contributed by atoms with Crippen molar-refractivity contribution in [2.75, 3.05) is 20.2 Å². The van der Waals surface area contributed by atoms with Crippen LogP contribution < -0.4 is 10.1 Å². The fraction of sp³-hybridized carbons (Fsp3) is 0.400. The van der Waals surface area contributed by atoms with Crippen molar-refractivity contribution in [3.05, 3.63) is 59.7 Å². The van der Waals surface area contributed by atoms with Crippen LogP contribution in [-0.2, 0) is 17.8 Å². The number of hydrogen-bond acceptors (Lipinski definition) is 4. The number of nitrogens with zero attached hydrogens (tertiary/aromatic N) is 2. The summed E-state index contributed by atoms with van der Waals surface area (Å²) >= 11 is 0. The standard InChI is InChI=1S/C20H24FN3O2/c1-20(19(25)23-12-9-16-7-3-4-11-22-16)10-13-24(20)14-15-6-5-8-17(26-2)18(15)21/h3-8,11H,9-10,12-14H2,1-2H3,(H,23,25). The maximum Gasteiger partial charge on any atom is 0.240 e. The zero-order chi connectivity index (χ0) is 18.6. The third-order valence-electron chi connectivity index (χ3n) is 5.07. The Labute approximate surface area is 153 Å². The predicted molar refractivity (Wildman–Crippen MR) is 97.3 cm³/mol. The van der Waals surface area contributed by atoms with Gasteiger partial charge >= 0.3 is 0 Å². The minimum atomic E-state index is -0.611. The van der Waals surface area contributed by atoms with E-state index in [9.17, 15) is 9.18 Å². The zero-order valence-corrected chi connectivity index (χ0v) is 15.2. The number of rotatable bonds is 7. The molecule has 0 aliphatic carbocycles. The van der Waals surface area contributed by atoms with Crippen LogP contribution in [0.15, 0.2) is 42.6 Å². The van der Waals surface area contributed by atoms with Crippen molar-refractivity contribution in [3.8, 4) is 5.75 Å². The van der Waals surface area contributed by atoms with Gasteiger partial charge in [-0.25, -0.2) is 4.39 Å². The molecule has 1 N–H and O–H groups in total. The van der Waals surface area contributed by atoms with Gasteiger partial charge in [0, 0.05) is 43.5 Å². The summed E-state index contributed by atoms with van der Waals surface area (Å²) in [6.07, 6.45) is 3.19. The van der Waals surface area contributed by atoms with Crippen LogP contribution in [0.25, 0.3) is 0 Å². The van der Waals surface area contributed by atoms with Crippen LogP contribution in [0.2, 0.25) is 0 Å². The smallest absolute Gasteiger partial charge is 0.240 e. The quantitative estimate of drug-likeness (QED) is 0.827. The van der Waals surface area contributed by atoms with Crippen LogP contribution in [0.4, 0.5) is 4.39 Å². The first kappa shape index (κ1) is 18.3. The molecule has 1 unspecified atom stereocenters. The number of aromatic nitrogens is 1. The highest BCUT2D eigenvalue weighted by Gasteiger charge is 2.46. The van der Waals surface area contributed by atoms with Crippen molar-refractivity contribution in [3.63, 3.8) is 0 Å². The molecule has 1 saturated heterocycles. The number of ether oxygens (including phenoxy) is 1. The number of halogens is 1. The molecule has 3 rings (SSSR count). The second kappa shape index (κ2) is 7.83.